The lowest BCUT2D eigenvalue weighted by molar-refractivity contribution is -0.141. The number of para-hydroxylation sites is 1. The van der Waals surface area contributed by atoms with Gasteiger partial charge < -0.3 is 10.1 Å². The van der Waals surface area contributed by atoms with Gasteiger partial charge in [0.05, 0.1) is 18.1 Å². The van der Waals surface area contributed by atoms with Gasteiger partial charge in [0, 0.05) is 23.5 Å². The number of carbonyl (C=O) groups excluding carboxylic acids is 3. The number of hydrogen-bond acceptors (Lipinski definition) is 4. The van der Waals surface area contributed by atoms with E-state index >= 15 is 0 Å². The van der Waals surface area contributed by atoms with Gasteiger partial charge in [-0.25, -0.2) is 4.79 Å². The molecule has 0 fully saturated rings. The van der Waals surface area contributed by atoms with Gasteiger partial charge in [0.25, 0.3) is 0 Å². The van der Waals surface area contributed by atoms with Gasteiger partial charge in [-0.1, -0.05) is 30.3 Å². The molecule has 0 bridgehead atoms. The van der Waals surface area contributed by atoms with Gasteiger partial charge in [-0.2, -0.15) is 0 Å². The molecule has 2 amide bonds. The summed E-state index contributed by atoms with van der Waals surface area (Å²) in [4.78, 5) is 40.1. The Morgan fingerprint density at radius 3 is 2.48 bits per heavy atom. The highest BCUT2D eigenvalue weighted by atomic mass is 16.5. The second-order valence-electron chi connectivity index (χ2n) is 6.90. The molecule has 0 unspecified atom stereocenters. The zero-order valence-electron chi connectivity index (χ0n) is 16.8. The van der Waals surface area contributed by atoms with Crippen LogP contribution in [0, 0.1) is 12.8 Å². The molecule has 0 aromatic heterocycles. The van der Waals surface area contributed by atoms with Crippen LogP contribution < -0.4 is 10.2 Å². The summed E-state index contributed by atoms with van der Waals surface area (Å²) in [5.74, 6) is -2.14. The lowest BCUT2D eigenvalue weighted by Gasteiger charge is -2.33. The number of carbonyl (C=O) groups is 3. The largest absolute Gasteiger partial charge is 0.463 e. The standard InChI is InChI=1S/C23H24N2O4/c1-4-29-23(28)21-16(3)25(18-11-6-5-7-12-18)20(26)14-19(21)22(27)24-17-10-8-9-15(2)13-17/h5-13,19H,4,14H2,1-3H3,(H,24,27)/t19-/m0/s1. The van der Waals surface area contributed by atoms with E-state index in [9.17, 15) is 14.4 Å². The molecule has 0 radical (unpaired) electrons. The molecule has 0 saturated heterocycles. The molecule has 1 atom stereocenters. The summed E-state index contributed by atoms with van der Waals surface area (Å²) >= 11 is 0. The van der Waals surface area contributed by atoms with E-state index in [4.69, 9.17) is 4.74 Å². The Morgan fingerprint density at radius 1 is 1.10 bits per heavy atom. The average molecular weight is 392 g/mol. The first-order valence-corrected chi connectivity index (χ1v) is 9.55. The van der Waals surface area contributed by atoms with Crippen LogP contribution in [0.4, 0.5) is 11.4 Å². The van der Waals surface area contributed by atoms with E-state index in [0.29, 0.717) is 17.1 Å². The molecular weight excluding hydrogens is 368 g/mol. The zero-order valence-corrected chi connectivity index (χ0v) is 16.8. The number of ether oxygens (including phenoxy) is 1. The summed E-state index contributed by atoms with van der Waals surface area (Å²) in [6.07, 6.45) is -0.113. The second kappa shape index (κ2) is 8.73. The van der Waals surface area contributed by atoms with Crippen LogP contribution in [0.1, 0.15) is 25.8 Å². The maximum absolute atomic E-state index is 13.0. The van der Waals surface area contributed by atoms with Crippen molar-refractivity contribution in [2.24, 2.45) is 5.92 Å². The minimum atomic E-state index is -0.915. The predicted molar refractivity (Wildman–Crippen MR) is 111 cm³/mol. The number of benzene rings is 2. The molecule has 150 valence electrons. The number of hydrogen-bond donors (Lipinski definition) is 1. The molecule has 6 nitrogen and oxygen atoms in total. The third-order valence-corrected chi connectivity index (χ3v) is 4.81. The van der Waals surface area contributed by atoms with Crippen molar-refractivity contribution in [1.82, 2.24) is 0 Å². The van der Waals surface area contributed by atoms with Crippen molar-refractivity contribution < 1.29 is 19.1 Å². The van der Waals surface area contributed by atoms with Crippen LogP contribution in [0.25, 0.3) is 0 Å². The number of rotatable bonds is 5. The van der Waals surface area contributed by atoms with E-state index in [1.54, 1.807) is 32.0 Å². The maximum Gasteiger partial charge on any atom is 0.336 e. The summed E-state index contributed by atoms with van der Waals surface area (Å²) in [5, 5.41) is 2.82. The van der Waals surface area contributed by atoms with Crippen molar-refractivity contribution in [3.8, 4) is 0 Å². The van der Waals surface area contributed by atoms with Gasteiger partial charge in [-0.3, -0.25) is 14.5 Å². The normalized spacial score (nSPS) is 16.6. The Labute approximate surface area is 170 Å². The summed E-state index contributed by atoms with van der Waals surface area (Å²) in [5.41, 5.74) is 2.88. The van der Waals surface area contributed by atoms with E-state index in [0.717, 1.165) is 5.56 Å². The molecule has 0 saturated carbocycles. The Balaban J connectivity index is 1.99. The number of aryl methyl sites for hydroxylation is 1. The maximum atomic E-state index is 13.0. The van der Waals surface area contributed by atoms with Gasteiger partial charge >= 0.3 is 5.97 Å². The second-order valence-corrected chi connectivity index (χ2v) is 6.90. The van der Waals surface area contributed by atoms with Crippen LogP contribution in [0.2, 0.25) is 0 Å². The van der Waals surface area contributed by atoms with E-state index in [2.05, 4.69) is 5.32 Å². The fourth-order valence-corrected chi connectivity index (χ4v) is 3.52. The first-order valence-electron chi connectivity index (χ1n) is 9.55. The molecule has 1 aliphatic heterocycles. The molecular formula is C23H24N2O4. The predicted octanol–water partition coefficient (Wildman–Crippen LogP) is 3.82. The van der Waals surface area contributed by atoms with Crippen LogP contribution in [0.5, 0.6) is 0 Å². The van der Waals surface area contributed by atoms with Gasteiger partial charge in [-0.15, -0.1) is 0 Å². The Morgan fingerprint density at radius 2 is 1.83 bits per heavy atom. The topological polar surface area (TPSA) is 75.7 Å². The third kappa shape index (κ3) is 4.37. The van der Waals surface area contributed by atoms with Crippen LogP contribution >= 0.6 is 0 Å². The Kier molecular flexibility index (Phi) is 6.12. The number of anilines is 2. The van der Waals surface area contributed by atoms with E-state index in [-0.39, 0.29) is 24.5 Å². The van der Waals surface area contributed by atoms with Crippen LogP contribution in [-0.2, 0) is 19.1 Å². The molecule has 0 spiro atoms. The number of allylic oxidation sites excluding steroid dienone is 1. The number of nitrogens with zero attached hydrogens (tertiary/aromatic N) is 1. The molecule has 2 aromatic rings. The van der Waals surface area contributed by atoms with Crippen molar-refractivity contribution in [3.63, 3.8) is 0 Å². The lowest BCUT2D eigenvalue weighted by atomic mass is 9.88. The molecule has 1 aliphatic rings. The highest BCUT2D eigenvalue weighted by molar-refractivity contribution is 6.10. The number of nitrogens with one attached hydrogen (secondary N) is 1. The SMILES string of the molecule is CCOC(=O)C1=C(C)N(c2ccccc2)C(=O)C[C@@H]1C(=O)Nc1cccc(C)c1. The minimum absolute atomic E-state index is 0.113. The van der Waals surface area contributed by atoms with Crippen molar-refractivity contribution in [1.29, 1.82) is 0 Å². The van der Waals surface area contributed by atoms with E-state index < -0.39 is 17.8 Å². The van der Waals surface area contributed by atoms with Crippen molar-refractivity contribution >= 4 is 29.2 Å². The summed E-state index contributed by atoms with van der Waals surface area (Å²) in [7, 11) is 0. The Hall–Kier alpha value is -3.41. The fraction of sp³-hybridized carbons (Fsp3) is 0.261. The van der Waals surface area contributed by atoms with Crippen molar-refractivity contribution in [2.45, 2.75) is 27.2 Å². The fourth-order valence-electron chi connectivity index (χ4n) is 3.52. The Bertz CT molecular complexity index is 966. The van der Waals surface area contributed by atoms with Crippen molar-refractivity contribution in [2.75, 3.05) is 16.8 Å². The van der Waals surface area contributed by atoms with Gasteiger partial charge in [0.1, 0.15) is 0 Å². The zero-order chi connectivity index (χ0) is 21.0. The van der Waals surface area contributed by atoms with Gasteiger partial charge in [0.2, 0.25) is 11.8 Å². The molecule has 29 heavy (non-hydrogen) atoms. The molecule has 1 N–H and O–H groups in total. The third-order valence-electron chi connectivity index (χ3n) is 4.81. The molecule has 2 aromatic carbocycles. The van der Waals surface area contributed by atoms with Crippen LogP contribution in [0.3, 0.4) is 0 Å². The molecule has 6 heteroatoms. The summed E-state index contributed by atoms with van der Waals surface area (Å²) in [6.45, 7) is 5.48. The van der Waals surface area contributed by atoms with Gasteiger partial charge in [0.15, 0.2) is 0 Å². The monoisotopic (exact) mass is 392 g/mol. The van der Waals surface area contributed by atoms with Crippen LogP contribution in [-0.4, -0.2) is 24.4 Å². The average Bonchev–Trinajstić information content (AvgIpc) is 2.68. The lowest BCUT2D eigenvalue weighted by Crippen LogP contribution is -2.43. The first kappa shape index (κ1) is 20.3. The smallest absolute Gasteiger partial charge is 0.336 e. The van der Waals surface area contributed by atoms with E-state index in [1.165, 1.54) is 4.90 Å². The number of amides is 2. The van der Waals surface area contributed by atoms with Gasteiger partial charge in [-0.05, 0) is 50.6 Å². The highest BCUT2D eigenvalue weighted by Gasteiger charge is 2.40. The minimum Gasteiger partial charge on any atom is -0.463 e. The van der Waals surface area contributed by atoms with Crippen molar-refractivity contribution in [3.05, 3.63) is 71.4 Å². The van der Waals surface area contributed by atoms with E-state index in [1.807, 2.05) is 43.3 Å². The van der Waals surface area contributed by atoms with Crippen LogP contribution in [0.15, 0.2) is 65.9 Å². The highest BCUT2D eigenvalue weighted by Crippen LogP contribution is 2.34. The molecule has 0 aliphatic carbocycles. The quantitative estimate of drug-likeness (QED) is 0.785. The first-order chi connectivity index (χ1) is 13.9. The molecule has 1 heterocycles. The number of esters is 1. The molecule has 3 rings (SSSR count). The summed E-state index contributed by atoms with van der Waals surface area (Å²) < 4.78 is 5.21. The summed E-state index contributed by atoms with van der Waals surface area (Å²) in [6, 6.07) is 16.4.